The molecule has 1 fully saturated rings. The van der Waals surface area contributed by atoms with Gasteiger partial charge in [-0.05, 0) is 12.8 Å². The summed E-state index contributed by atoms with van der Waals surface area (Å²) in [6.07, 6.45) is 4.27. The van der Waals surface area contributed by atoms with E-state index in [0.29, 0.717) is 45.6 Å². The average Bonchev–Trinajstić information content (AvgIpc) is 2.42. The summed E-state index contributed by atoms with van der Waals surface area (Å²) in [5.41, 5.74) is -0.798. The minimum atomic E-state index is -0.798. The zero-order chi connectivity index (χ0) is 15.7. The molecule has 1 aliphatic rings. The Morgan fingerprint density at radius 2 is 1.90 bits per heavy atom. The minimum Gasteiger partial charge on any atom is -0.388 e. The molecule has 0 aromatic heterocycles. The van der Waals surface area contributed by atoms with Crippen molar-refractivity contribution in [2.75, 3.05) is 33.4 Å². The van der Waals surface area contributed by atoms with Gasteiger partial charge in [-0.25, -0.2) is 0 Å². The van der Waals surface area contributed by atoms with E-state index < -0.39 is 5.60 Å². The number of amides is 2. The molecule has 2 N–H and O–H groups in total. The summed E-state index contributed by atoms with van der Waals surface area (Å²) in [5, 5.41) is 13.1. The molecule has 0 radical (unpaired) electrons. The number of unbranched alkanes of at least 4 members (excludes halogenated alkanes) is 2. The predicted octanol–water partition coefficient (Wildman–Crippen LogP) is 0.683. The topological polar surface area (TPSA) is 78.9 Å². The molecule has 0 aliphatic carbocycles. The first-order valence-electron chi connectivity index (χ1n) is 7.71. The predicted molar refractivity (Wildman–Crippen MR) is 79.8 cm³/mol. The molecule has 1 saturated heterocycles. The number of hydrogen-bond acceptors (Lipinski definition) is 4. The molecule has 0 unspecified atom stereocenters. The fraction of sp³-hybridized carbons (Fsp3) is 0.867. The van der Waals surface area contributed by atoms with Gasteiger partial charge in [0.1, 0.15) is 0 Å². The van der Waals surface area contributed by atoms with E-state index in [1.54, 1.807) is 11.9 Å². The van der Waals surface area contributed by atoms with E-state index in [-0.39, 0.29) is 11.8 Å². The molecule has 1 heterocycles. The molecule has 1 rings (SSSR count). The summed E-state index contributed by atoms with van der Waals surface area (Å²) >= 11 is 0. The summed E-state index contributed by atoms with van der Waals surface area (Å²) in [5.74, 6) is 0.0463. The van der Waals surface area contributed by atoms with Crippen molar-refractivity contribution < 1.29 is 19.4 Å². The smallest absolute Gasteiger partial charge is 0.222 e. The molecule has 2 amide bonds. The highest BCUT2D eigenvalue weighted by molar-refractivity contribution is 5.75. The van der Waals surface area contributed by atoms with Gasteiger partial charge in [0.2, 0.25) is 11.8 Å². The van der Waals surface area contributed by atoms with Crippen LogP contribution in [0.4, 0.5) is 0 Å². The van der Waals surface area contributed by atoms with Crippen LogP contribution in [0.2, 0.25) is 0 Å². The Kier molecular flexibility index (Phi) is 7.67. The Morgan fingerprint density at radius 3 is 2.52 bits per heavy atom. The molecule has 0 spiro atoms. The molecular formula is C15H28N2O4. The van der Waals surface area contributed by atoms with Crippen LogP contribution in [-0.2, 0) is 14.3 Å². The Balaban J connectivity index is 2.14. The van der Waals surface area contributed by atoms with Crippen molar-refractivity contribution in [3.63, 3.8) is 0 Å². The number of ether oxygens (including phenoxy) is 1. The summed E-state index contributed by atoms with van der Waals surface area (Å²) in [6.45, 7) is 3.66. The largest absolute Gasteiger partial charge is 0.388 e. The number of nitrogens with zero attached hydrogens (tertiary/aromatic N) is 1. The molecule has 1 aliphatic heterocycles. The fourth-order valence-corrected chi connectivity index (χ4v) is 2.47. The Hall–Kier alpha value is -1.14. The number of rotatable bonds is 8. The maximum atomic E-state index is 12.0. The molecule has 0 aromatic rings. The monoisotopic (exact) mass is 300 g/mol. The van der Waals surface area contributed by atoms with Crippen molar-refractivity contribution in [1.29, 1.82) is 0 Å². The van der Waals surface area contributed by atoms with E-state index in [1.165, 1.54) is 6.92 Å². The summed E-state index contributed by atoms with van der Waals surface area (Å²) < 4.78 is 5.23. The molecule has 0 atom stereocenters. The standard InChI is InChI=1S/C15H28N2O4/c1-13(18)16-9-5-3-4-6-14(19)17(2)12-15(20)7-10-21-11-8-15/h20H,3-12H2,1-2H3,(H,16,18). The molecule has 6 heteroatoms. The number of carbonyl (C=O) groups excluding carboxylic acids is 2. The van der Waals surface area contributed by atoms with Gasteiger partial charge in [0.15, 0.2) is 0 Å². The lowest BCUT2D eigenvalue weighted by molar-refractivity contribution is -0.136. The second-order valence-corrected chi connectivity index (χ2v) is 5.88. The Morgan fingerprint density at radius 1 is 1.24 bits per heavy atom. The summed E-state index contributed by atoms with van der Waals surface area (Å²) in [4.78, 5) is 24.3. The number of carbonyl (C=O) groups is 2. The first-order valence-corrected chi connectivity index (χ1v) is 7.71. The van der Waals surface area contributed by atoms with Crippen molar-refractivity contribution in [2.24, 2.45) is 0 Å². The van der Waals surface area contributed by atoms with E-state index in [4.69, 9.17) is 4.74 Å². The van der Waals surface area contributed by atoms with Crippen LogP contribution >= 0.6 is 0 Å². The lowest BCUT2D eigenvalue weighted by Crippen LogP contribution is -2.47. The normalized spacial score (nSPS) is 17.3. The van der Waals surface area contributed by atoms with E-state index >= 15 is 0 Å². The Bertz CT molecular complexity index is 341. The lowest BCUT2D eigenvalue weighted by Gasteiger charge is -2.35. The van der Waals surface area contributed by atoms with E-state index in [9.17, 15) is 14.7 Å². The van der Waals surface area contributed by atoms with Crippen LogP contribution in [-0.4, -0.2) is 60.8 Å². The van der Waals surface area contributed by atoms with Crippen LogP contribution in [0.3, 0.4) is 0 Å². The highest BCUT2D eigenvalue weighted by atomic mass is 16.5. The SMILES string of the molecule is CC(=O)NCCCCCC(=O)N(C)CC1(O)CCOCC1. The van der Waals surface area contributed by atoms with Crippen LogP contribution in [0.5, 0.6) is 0 Å². The van der Waals surface area contributed by atoms with Crippen LogP contribution in [0.25, 0.3) is 0 Å². The average molecular weight is 300 g/mol. The number of nitrogens with one attached hydrogen (secondary N) is 1. The van der Waals surface area contributed by atoms with Gasteiger partial charge in [-0.1, -0.05) is 6.42 Å². The van der Waals surface area contributed by atoms with Crippen LogP contribution < -0.4 is 5.32 Å². The first-order chi connectivity index (χ1) is 9.93. The van der Waals surface area contributed by atoms with Crippen molar-refractivity contribution in [3.05, 3.63) is 0 Å². The van der Waals surface area contributed by atoms with E-state index in [0.717, 1.165) is 19.3 Å². The number of likely N-dealkylation sites (N-methyl/N-ethyl adjacent to an activating group) is 1. The zero-order valence-electron chi connectivity index (χ0n) is 13.2. The molecule has 6 nitrogen and oxygen atoms in total. The number of aliphatic hydroxyl groups is 1. The van der Waals surface area contributed by atoms with Crippen molar-refractivity contribution in [2.45, 2.75) is 51.0 Å². The third-order valence-electron chi connectivity index (χ3n) is 3.82. The molecule has 122 valence electrons. The Labute approximate surface area is 126 Å². The van der Waals surface area contributed by atoms with Crippen LogP contribution in [0.15, 0.2) is 0 Å². The van der Waals surface area contributed by atoms with Gasteiger partial charge in [0, 0.05) is 59.5 Å². The number of hydrogen-bond donors (Lipinski definition) is 2. The minimum absolute atomic E-state index is 0.0180. The highest BCUT2D eigenvalue weighted by Gasteiger charge is 2.32. The zero-order valence-corrected chi connectivity index (χ0v) is 13.2. The second-order valence-electron chi connectivity index (χ2n) is 5.88. The van der Waals surface area contributed by atoms with Gasteiger partial charge in [0.05, 0.1) is 5.60 Å². The quantitative estimate of drug-likeness (QED) is 0.646. The third-order valence-corrected chi connectivity index (χ3v) is 3.82. The van der Waals surface area contributed by atoms with Gasteiger partial charge in [-0.15, -0.1) is 0 Å². The first kappa shape index (κ1) is 17.9. The van der Waals surface area contributed by atoms with Crippen LogP contribution in [0.1, 0.15) is 45.4 Å². The maximum absolute atomic E-state index is 12.0. The molecule has 0 saturated carbocycles. The molecule has 0 aromatic carbocycles. The summed E-state index contributed by atoms with van der Waals surface area (Å²) in [7, 11) is 1.74. The van der Waals surface area contributed by atoms with Crippen LogP contribution in [0, 0.1) is 0 Å². The molecular weight excluding hydrogens is 272 g/mol. The van der Waals surface area contributed by atoms with Gasteiger partial charge < -0.3 is 20.1 Å². The van der Waals surface area contributed by atoms with E-state index in [1.807, 2.05) is 0 Å². The highest BCUT2D eigenvalue weighted by Crippen LogP contribution is 2.21. The fourth-order valence-electron chi connectivity index (χ4n) is 2.47. The van der Waals surface area contributed by atoms with E-state index in [2.05, 4.69) is 5.32 Å². The lowest BCUT2D eigenvalue weighted by atomic mass is 9.94. The van der Waals surface area contributed by atoms with Gasteiger partial charge in [-0.2, -0.15) is 0 Å². The van der Waals surface area contributed by atoms with Gasteiger partial charge >= 0.3 is 0 Å². The third kappa shape index (κ3) is 7.43. The van der Waals surface area contributed by atoms with Gasteiger partial charge in [-0.3, -0.25) is 9.59 Å². The maximum Gasteiger partial charge on any atom is 0.222 e. The van der Waals surface area contributed by atoms with Crippen molar-refractivity contribution in [1.82, 2.24) is 10.2 Å². The molecule has 0 bridgehead atoms. The summed E-state index contributed by atoms with van der Waals surface area (Å²) in [6, 6.07) is 0. The van der Waals surface area contributed by atoms with Crippen molar-refractivity contribution in [3.8, 4) is 0 Å². The van der Waals surface area contributed by atoms with Crippen molar-refractivity contribution >= 4 is 11.8 Å². The van der Waals surface area contributed by atoms with Gasteiger partial charge in [0.25, 0.3) is 0 Å². The molecule has 21 heavy (non-hydrogen) atoms. The second kappa shape index (κ2) is 9.00.